The minimum atomic E-state index is 0.251. The summed E-state index contributed by atoms with van der Waals surface area (Å²) in [4.78, 5) is 8.62. The molecule has 12 heavy (non-hydrogen) atoms. The number of rotatable bonds is 2. The lowest BCUT2D eigenvalue weighted by Crippen LogP contribution is -2.32. The van der Waals surface area contributed by atoms with Crippen LogP contribution in [0, 0.1) is 0 Å². The van der Waals surface area contributed by atoms with Crippen LogP contribution in [0.2, 0.25) is 0 Å². The molecule has 0 unspecified atom stereocenters. The maximum absolute atomic E-state index is 4.31. The van der Waals surface area contributed by atoms with Gasteiger partial charge in [0.15, 0.2) is 0 Å². The first-order valence-corrected chi connectivity index (χ1v) is 5.42. The average Bonchev–Trinajstić information content (AvgIpc) is 2.05. The Kier molecular flexibility index (Phi) is 2.05. The molecule has 1 aliphatic rings. The van der Waals surface area contributed by atoms with Crippen LogP contribution in [0.5, 0.6) is 0 Å². The van der Waals surface area contributed by atoms with Crippen molar-refractivity contribution < 1.29 is 0 Å². The van der Waals surface area contributed by atoms with Gasteiger partial charge in [0.1, 0.15) is 5.82 Å². The molecule has 0 aromatic carbocycles. The van der Waals surface area contributed by atoms with Gasteiger partial charge in [0.2, 0.25) is 0 Å². The van der Waals surface area contributed by atoms with Crippen LogP contribution >= 0.6 is 11.8 Å². The van der Waals surface area contributed by atoms with Gasteiger partial charge in [-0.05, 0) is 31.6 Å². The third kappa shape index (κ3) is 1.12. The fourth-order valence-electron chi connectivity index (χ4n) is 1.55. The van der Waals surface area contributed by atoms with E-state index in [1.54, 1.807) is 0 Å². The van der Waals surface area contributed by atoms with E-state index in [1.165, 1.54) is 19.3 Å². The Morgan fingerprint density at radius 1 is 1.33 bits per heavy atom. The predicted octanol–water partition coefficient (Wildman–Crippen LogP) is 2.22. The fraction of sp³-hybridized carbons (Fsp3) is 0.556. The number of hydrogen-bond acceptors (Lipinski definition) is 3. The van der Waals surface area contributed by atoms with Gasteiger partial charge in [0.05, 0.1) is 4.75 Å². The fourth-order valence-corrected chi connectivity index (χ4v) is 2.54. The maximum atomic E-state index is 4.31. The van der Waals surface area contributed by atoms with Crippen molar-refractivity contribution in [2.45, 2.75) is 24.0 Å². The SMILES string of the molecule is CSC1(c2ncccn2)CCC1. The molecule has 1 fully saturated rings. The summed E-state index contributed by atoms with van der Waals surface area (Å²) >= 11 is 1.89. The van der Waals surface area contributed by atoms with Crippen LogP contribution in [0.25, 0.3) is 0 Å². The van der Waals surface area contributed by atoms with Crippen LogP contribution in [0.1, 0.15) is 25.1 Å². The molecule has 0 N–H and O–H groups in total. The lowest BCUT2D eigenvalue weighted by atomic mass is 9.83. The van der Waals surface area contributed by atoms with Crippen molar-refractivity contribution in [1.29, 1.82) is 0 Å². The molecule has 1 aliphatic carbocycles. The number of aromatic nitrogens is 2. The molecule has 0 bridgehead atoms. The Bertz CT molecular complexity index is 251. The molecule has 3 heteroatoms. The number of thioether (sulfide) groups is 1. The van der Waals surface area contributed by atoms with E-state index in [0.717, 1.165) is 5.82 Å². The van der Waals surface area contributed by atoms with Crippen LogP contribution in [-0.2, 0) is 4.75 Å². The summed E-state index contributed by atoms with van der Waals surface area (Å²) in [5, 5.41) is 0. The van der Waals surface area contributed by atoms with Crippen molar-refractivity contribution in [3.63, 3.8) is 0 Å². The molecule has 2 rings (SSSR count). The number of hydrogen-bond donors (Lipinski definition) is 0. The van der Waals surface area contributed by atoms with E-state index in [9.17, 15) is 0 Å². The van der Waals surface area contributed by atoms with Crippen molar-refractivity contribution in [3.05, 3.63) is 24.3 Å². The van der Waals surface area contributed by atoms with Crippen LogP contribution in [-0.4, -0.2) is 16.2 Å². The zero-order chi connectivity index (χ0) is 8.44. The molecular formula is C9H12N2S. The number of nitrogens with zero attached hydrogens (tertiary/aromatic N) is 2. The Morgan fingerprint density at radius 2 is 2.00 bits per heavy atom. The molecule has 1 aromatic heterocycles. The molecule has 1 saturated carbocycles. The summed E-state index contributed by atoms with van der Waals surface area (Å²) in [6.45, 7) is 0. The van der Waals surface area contributed by atoms with Crippen molar-refractivity contribution in [2.24, 2.45) is 0 Å². The minimum absolute atomic E-state index is 0.251. The monoisotopic (exact) mass is 180 g/mol. The smallest absolute Gasteiger partial charge is 0.144 e. The maximum Gasteiger partial charge on any atom is 0.144 e. The molecule has 0 aliphatic heterocycles. The summed E-state index contributed by atoms with van der Waals surface area (Å²) in [5.41, 5.74) is 0. The van der Waals surface area contributed by atoms with Crippen LogP contribution in [0.15, 0.2) is 18.5 Å². The van der Waals surface area contributed by atoms with Gasteiger partial charge in [-0.25, -0.2) is 9.97 Å². The normalized spacial score (nSPS) is 20.1. The standard InChI is InChI=1S/C9H12N2S/c1-12-9(4-2-5-9)8-10-6-3-7-11-8/h3,6-7H,2,4-5H2,1H3. The molecule has 0 spiro atoms. The van der Waals surface area contributed by atoms with Crippen LogP contribution in [0.3, 0.4) is 0 Å². The summed E-state index contributed by atoms with van der Waals surface area (Å²) in [7, 11) is 0. The molecule has 0 saturated heterocycles. The molecule has 0 radical (unpaired) electrons. The molecule has 1 aromatic rings. The molecule has 1 heterocycles. The zero-order valence-corrected chi connectivity index (χ0v) is 7.97. The third-order valence-electron chi connectivity index (χ3n) is 2.53. The minimum Gasteiger partial charge on any atom is -0.240 e. The first kappa shape index (κ1) is 8.05. The van der Waals surface area contributed by atoms with Crippen LogP contribution in [0.4, 0.5) is 0 Å². The predicted molar refractivity (Wildman–Crippen MR) is 51.1 cm³/mol. The molecular weight excluding hydrogens is 168 g/mol. The van der Waals surface area contributed by atoms with Gasteiger partial charge in [-0.3, -0.25) is 0 Å². The van der Waals surface area contributed by atoms with Crippen molar-refractivity contribution in [2.75, 3.05) is 6.26 Å². The van der Waals surface area contributed by atoms with E-state index in [2.05, 4.69) is 16.2 Å². The quantitative estimate of drug-likeness (QED) is 0.698. The van der Waals surface area contributed by atoms with Crippen molar-refractivity contribution >= 4 is 11.8 Å². The van der Waals surface area contributed by atoms with Crippen molar-refractivity contribution in [1.82, 2.24) is 9.97 Å². The van der Waals surface area contributed by atoms with E-state index in [1.807, 2.05) is 30.2 Å². The van der Waals surface area contributed by atoms with Crippen LogP contribution < -0.4 is 0 Å². The van der Waals surface area contributed by atoms with Crippen molar-refractivity contribution in [3.8, 4) is 0 Å². The third-order valence-corrected chi connectivity index (χ3v) is 3.90. The zero-order valence-electron chi connectivity index (χ0n) is 7.16. The Hall–Kier alpha value is -0.570. The van der Waals surface area contributed by atoms with E-state index in [4.69, 9.17) is 0 Å². The van der Waals surface area contributed by atoms with Gasteiger partial charge in [-0.1, -0.05) is 0 Å². The summed E-state index contributed by atoms with van der Waals surface area (Å²) in [5.74, 6) is 1.02. The highest BCUT2D eigenvalue weighted by Gasteiger charge is 2.40. The highest BCUT2D eigenvalue weighted by atomic mass is 32.2. The highest BCUT2D eigenvalue weighted by molar-refractivity contribution is 7.99. The topological polar surface area (TPSA) is 25.8 Å². The molecule has 0 atom stereocenters. The second kappa shape index (κ2) is 3.05. The average molecular weight is 180 g/mol. The Labute approximate surface area is 76.8 Å². The molecule has 0 amide bonds. The molecule has 2 nitrogen and oxygen atoms in total. The molecule has 64 valence electrons. The van der Waals surface area contributed by atoms with Gasteiger partial charge < -0.3 is 0 Å². The summed E-state index contributed by atoms with van der Waals surface area (Å²) in [6, 6.07) is 1.87. The van der Waals surface area contributed by atoms with Gasteiger partial charge in [-0.2, -0.15) is 11.8 Å². The Morgan fingerprint density at radius 3 is 2.42 bits per heavy atom. The van der Waals surface area contributed by atoms with E-state index < -0.39 is 0 Å². The summed E-state index contributed by atoms with van der Waals surface area (Å²) < 4.78 is 0.251. The summed E-state index contributed by atoms with van der Waals surface area (Å²) in [6.07, 6.45) is 9.60. The first-order valence-electron chi connectivity index (χ1n) is 4.20. The second-order valence-corrected chi connectivity index (χ2v) is 4.31. The van der Waals surface area contributed by atoms with Gasteiger partial charge in [-0.15, -0.1) is 0 Å². The first-order chi connectivity index (χ1) is 5.87. The largest absolute Gasteiger partial charge is 0.240 e. The Balaban J connectivity index is 2.28. The van der Waals surface area contributed by atoms with Gasteiger partial charge in [0.25, 0.3) is 0 Å². The van der Waals surface area contributed by atoms with E-state index in [-0.39, 0.29) is 4.75 Å². The highest BCUT2D eigenvalue weighted by Crippen LogP contribution is 2.49. The second-order valence-electron chi connectivity index (χ2n) is 3.12. The lowest BCUT2D eigenvalue weighted by molar-refractivity contribution is 0.356. The van der Waals surface area contributed by atoms with E-state index >= 15 is 0 Å². The van der Waals surface area contributed by atoms with Gasteiger partial charge in [0, 0.05) is 12.4 Å². The van der Waals surface area contributed by atoms with Gasteiger partial charge >= 0.3 is 0 Å². The van der Waals surface area contributed by atoms with E-state index in [0.29, 0.717) is 0 Å². The lowest BCUT2D eigenvalue weighted by Gasteiger charge is -2.38.